The molecule has 0 radical (unpaired) electrons. The molecular formula is C17H18N2O5S. The van der Waals surface area contributed by atoms with Crippen LogP contribution in [0.15, 0.2) is 53.4 Å². The van der Waals surface area contributed by atoms with Crippen LogP contribution in [0.3, 0.4) is 0 Å². The van der Waals surface area contributed by atoms with Gasteiger partial charge in [-0.25, -0.2) is 8.42 Å². The minimum absolute atomic E-state index is 0.0160. The van der Waals surface area contributed by atoms with E-state index in [1.54, 1.807) is 0 Å². The van der Waals surface area contributed by atoms with Gasteiger partial charge in [0.15, 0.2) is 0 Å². The Morgan fingerprint density at radius 1 is 1.16 bits per heavy atom. The summed E-state index contributed by atoms with van der Waals surface area (Å²) in [5, 5.41) is 2.97. The molecule has 2 aromatic carbocycles. The lowest BCUT2D eigenvalue weighted by atomic mass is 10.00. The van der Waals surface area contributed by atoms with Crippen molar-refractivity contribution in [2.24, 2.45) is 0 Å². The molecule has 1 atom stereocenters. The molecule has 0 saturated carbocycles. The van der Waals surface area contributed by atoms with Gasteiger partial charge >= 0.3 is 0 Å². The lowest BCUT2D eigenvalue weighted by molar-refractivity contribution is 0.0924. The number of nitrogens with one attached hydrogen (secondary N) is 2. The first-order valence-corrected chi connectivity index (χ1v) is 9.17. The van der Waals surface area contributed by atoms with Gasteiger partial charge in [-0.05, 0) is 30.3 Å². The van der Waals surface area contributed by atoms with E-state index in [-0.39, 0.29) is 16.8 Å². The molecule has 132 valence electrons. The van der Waals surface area contributed by atoms with Crippen molar-refractivity contribution in [1.29, 1.82) is 0 Å². The Morgan fingerprint density at radius 2 is 1.88 bits per heavy atom. The normalized spacial score (nSPS) is 16.6. The number of sulfonamides is 1. The van der Waals surface area contributed by atoms with Gasteiger partial charge < -0.3 is 10.1 Å². The van der Waals surface area contributed by atoms with Crippen LogP contribution < -0.4 is 14.9 Å². The number of fused-ring (bicyclic) bond motifs is 1. The summed E-state index contributed by atoms with van der Waals surface area (Å²) in [6.07, 6.45) is 0.674. The summed E-state index contributed by atoms with van der Waals surface area (Å²) >= 11 is 0. The molecule has 0 saturated heterocycles. The van der Waals surface area contributed by atoms with Crippen LogP contribution in [0, 0.1) is 0 Å². The Morgan fingerprint density at radius 3 is 2.60 bits per heavy atom. The summed E-state index contributed by atoms with van der Waals surface area (Å²) in [7, 11) is -2.53. The summed E-state index contributed by atoms with van der Waals surface area (Å²) in [6.45, 7) is 0.530. The lowest BCUT2D eigenvalue weighted by Gasteiger charge is -2.26. The smallest absolute Gasteiger partial charge is 0.262 e. The third-order valence-electron chi connectivity index (χ3n) is 3.88. The third-order valence-corrected chi connectivity index (χ3v) is 5.16. The van der Waals surface area contributed by atoms with Crippen LogP contribution in [-0.4, -0.2) is 28.0 Å². The highest BCUT2D eigenvalue weighted by molar-refractivity contribution is 7.89. The molecule has 1 heterocycles. The van der Waals surface area contributed by atoms with Crippen molar-refractivity contribution in [3.8, 4) is 5.75 Å². The van der Waals surface area contributed by atoms with Gasteiger partial charge in [-0.3, -0.25) is 9.63 Å². The minimum atomic E-state index is -3.74. The van der Waals surface area contributed by atoms with E-state index in [1.165, 1.54) is 31.4 Å². The van der Waals surface area contributed by atoms with Crippen LogP contribution in [0.5, 0.6) is 5.75 Å². The number of benzene rings is 2. The fourth-order valence-electron chi connectivity index (χ4n) is 2.68. The number of hydrogen-bond donors (Lipinski definition) is 2. The molecule has 0 bridgehead atoms. The molecule has 3 rings (SSSR count). The first kappa shape index (κ1) is 17.4. The molecule has 25 heavy (non-hydrogen) atoms. The Balaban J connectivity index is 1.75. The van der Waals surface area contributed by atoms with E-state index in [0.29, 0.717) is 18.6 Å². The molecular weight excluding hydrogens is 344 g/mol. The number of carbonyl (C=O) groups is 1. The zero-order chi connectivity index (χ0) is 17.9. The van der Waals surface area contributed by atoms with Gasteiger partial charge in [-0.1, -0.05) is 23.1 Å². The minimum Gasteiger partial charge on any atom is -0.493 e. The van der Waals surface area contributed by atoms with Crippen LogP contribution in [0.2, 0.25) is 0 Å². The molecule has 1 unspecified atom stereocenters. The van der Waals surface area contributed by atoms with Gasteiger partial charge in [0.2, 0.25) is 0 Å². The first-order chi connectivity index (χ1) is 12.0. The highest BCUT2D eigenvalue weighted by Crippen LogP contribution is 2.31. The van der Waals surface area contributed by atoms with Crippen LogP contribution in [-0.2, 0) is 14.9 Å². The second-order valence-electron chi connectivity index (χ2n) is 5.52. The van der Waals surface area contributed by atoms with Crippen molar-refractivity contribution in [2.45, 2.75) is 17.4 Å². The summed E-state index contributed by atoms with van der Waals surface area (Å²) in [5.74, 6) is 0.497. The highest BCUT2D eigenvalue weighted by Gasteiger charge is 2.23. The second-order valence-corrected chi connectivity index (χ2v) is 7.16. The third kappa shape index (κ3) is 3.81. The van der Waals surface area contributed by atoms with E-state index in [9.17, 15) is 13.2 Å². The SMILES string of the molecule is CONS(=O)(=O)c1ccc(C(=O)NC2CCOc3ccccc32)cc1. The number of rotatable bonds is 5. The van der Waals surface area contributed by atoms with E-state index < -0.39 is 10.0 Å². The maximum atomic E-state index is 12.5. The van der Waals surface area contributed by atoms with Crippen molar-refractivity contribution < 1.29 is 22.8 Å². The van der Waals surface area contributed by atoms with Gasteiger partial charge in [0.1, 0.15) is 5.75 Å². The molecule has 7 nitrogen and oxygen atoms in total. The molecule has 0 aliphatic carbocycles. The average molecular weight is 362 g/mol. The number of carbonyl (C=O) groups excluding carboxylic acids is 1. The van der Waals surface area contributed by atoms with Gasteiger partial charge in [0, 0.05) is 17.5 Å². The number of amides is 1. The number of hydrogen-bond acceptors (Lipinski definition) is 5. The summed E-state index contributed by atoms with van der Waals surface area (Å²) in [6, 6.07) is 13.1. The Kier molecular flexibility index (Phi) is 5.03. The van der Waals surface area contributed by atoms with Crippen molar-refractivity contribution in [3.05, 3.63) is 59.7 Å². The topological polar surface area (TPSA) is 93.7 Å². The molecule has 0 fully saturated rings. The van der Waals surface area contributed by atoms with Gasteiger partial charge in [0.25, 0.3) is 15.9 Å². The standard InChI is InChI=1S/C17H18N2O5S/c1-23-19-25(21,22)13-8-6-12(7-9-13)17(20)18-15-10-11-24-16-5-3-2-4-14(15)16/h2-9,15,19H,10-11H2,1H3,(H,18,20). The van der Waals surface area contributed by atoms with Crippen molar-refractivity contribution in [2.75, 3.05) is 13.7 Å². The Labute approximate surface area is 146 Å². The average Bonchev–Trinajstić information content (AvgIpc) is 2.62. The van der Waals surface area contributed by atoms with Gasteiger partial charge in [0.05, 0.1) is 24.7 Å². The zero-order valence-electron chi connectivity index (χ0n) is 13.6. The van der Waals surface area contributed by atoms with Crippen molar-refractivity contribution in [1.82, 2.24) is 10.2 Å². The second kappa shape index (κ2) is 7.22. The molecule has 1 aliphatic heterocycles. The van der Waals surface area contributed by atoms with Crippen LogP contribution in [0.1, 0.15) is 28.4 Å². The maximum absolute atomic E-state index is 12.5. The van der Waals surface area contributed by atoms with E-state index in [1.807, 2.05) is 29.2 Å². The Bertz CT molecular complexity index is 865. The molecule has 1 amide bonds. The van der Waals surface area contributed by atoms with Crippen LogP contribution in [0.25, 0.3) is 0 Å². The predicted octanol–water partition coefficient (Wildman–Crippen LogP) is 1.78. The van der Waals surface area contributed by atoms with Crippen LogP contribution >= 0.6 is 0 Å². The maximum Gasteiger partial charge on any atom is 0.262 e. The number of ether oxygens (including phenoxy) is 1. The fraction of sp³-hybridized carbons (Fsp3) is 0.235. The molecule has 2 N–H and O–H groups in total. The Hall–Kier alpha value is -2.42. The monoisotopic (exact) mass is 362 g/mol. The lowest BCUT2D eigenvalue weighted by Crippen LogP contribution is -2.32. The quantitative estimate of drug-likeness (QED) is 0.791. The van der Waals surface area contributed by atoms with E-state index in [0.717, 1.165) is 11.3 Å². The van der Waals surface area contributed by atoms with E-state index >= 15 is 0 Å². The summed E-state index contributed by atoms with van der Waals surface area (Å²) in [5.41, 5.74) is 1.31. The zero-order valence-corrected chi connectivity index (χ0v) is 14.4. The molecule has 2 aromatic rings. The molecule has 1 aliphatic rings. The van der Waals surface area contributed by atoms with E-state index in [4.69, 9.17) is 4.74 Å². The van der Waals surface area contributed by atoms with E-state index in [2.05, 4.69) is 10.2 Å². The fourth-order valence-corrected chi connectivity index (χ4v) is 3.49. The summed E-state index contributed by atoms with van der Waals surface area (Å²) in [4.78, 5) is 18.8. The number of para-hydroxylation sites is 1. The van der Waals surface area contributed by atoms with Crippen LogP contribution in [0.4, 0.5) is 0 Å². The van der Waals surface area contributed by atoms with Gasteiger partial charge in [-0.15, -0.1) is 0 Å². The molecule has 0 spiro atoms. The molecule has 8 heteroatoms. The highest BCUT2D eigenvalue weighted by atomic mass is 32.2. The summed E-state index contributed by atoms with van der Waals surface area (Å²) < 4.78 is 29.2. The predicted molar refractivity (Wildman–Crippen MR) is 90.5 cm³/mol. The molecule has 0 aromatic heterocycles. The first-order valence-electron chi connectivity index (χ1n) is 7.69. The van der Waals surface area contributed by atoms with Crippen molar-refractivity contribution >= 4 is 15.9 Å². The van der Waals surface area contributed by atoms with Gasteiger partial charge in [-0.2, -0.15) is 0 Å². The van der Waals surface area contributed by atoms with Crippen molar-refractivity contribution in [3.63, 3.8) is 0 Å². The largest absolute Gasteiger partial charge is 0.493 e.